The Morgan fingerprint density at radius 2 is 2.00 bits per heavy atom. The number of carbonyl (C=O) groups is 1. The van der Waals surface area contributed by atoms with Gasteiger partial charge in [0.1, 0.15) is 23.3 Å². The first kappa shape index (κ1) is 13.0. The summed E-state index contributed by atoms with van der Waals surface area (Å²) in [4.78, 5) is 12.0. The van der Waals surface area contributed by atoms with E-state index in [0.717, 1.165) is 0 Å². The van der Waals surface area contributed by atoms with E-state index in [2.05, 4.69) is 6.07 Å². The average Bonchev–Trinajstić information content (AvgIpc) is 2.83. The maximum absolute atomic E-state index is 12.8. The van der Waals surface area contributed by atoms with Gasteiger partial charge in [-0.05, 0) is 43.3 Å². The smallest absolute Gasteiger partial charge is 0.164 e. The van der Waals surface area contributed by atoms with Crippen LogP contribution in [0.2, 0.25) is 0 Å². The number of ketones is 1. The molecule has 1 heterocycles. The second-order valence-corrected chi connectivity index (χ2v) is 4.26. The number of rotatable bonds is 4. The molecule has 0 bridgehead atoms. The van der Waals surface area contributed by atoms with Gasteiger partial charge in [-0.15, -0.1) is 0 Å². The van der Waals surface area contributed by atoms with Crippen LogP contribution in [0, 0.1) is 24.1 Å². The van der Waals surface area contributed by atoms with Gasteiger partial charge >= 0.3 is 0 Å². The van der Waals surface area contributed by atoms with Gasteiger partial charge in [0.05, 0.1) is 6.07 Å². The van der Waals surface area contributed by atoms with Gasteiger partial charge in [-0.1, -0.05) is 0 Å². The lowest BCUT2D eigenvalue weighted by molar-refractivity contribution is 0.0976. The minimum absolute atomic E-state index is 0.0229. The summed E-state index contributed by atoms with van der Waals surface area (Å²) in [5.41, 5.74) is 0.393. The molecule has 0 fully saturated rings. The summed E-state index contributed by atoms with van der Waals surface area (Å²) < 4.78 is 18.1. The van der Waals surface area contributed by atoms with E-state index in [1.807, 2.05) is 0 Å². The molecule has 4 heteroatoms. The van der Waals surface area contributed by atoms with Crippen LogP contribution in [0.4, 0.5) is 4.39 Å². The fourth-order valence-electron chi connectivity index (χ4n) is 1.79. The highest BCUT2D eigenvalue weighted by molar-refractivity contribution is 5.96. The number of halogens is 1. The van der Waals surface area contributed by atoms with E-state index in [9.17, 15) is 9.18 Å². The molecule has 0 aliphatic carbocycles. The van der Waals surface area contributed by atoms with Crippen molar-refractivity contribution < 1.29 is 13.6 Å². The summed E-state index contributed by atoms with van der Waals surface area (Å²) in [5, 5.41) is 9.11. The van der Waals surface area contributed by atoms with E-state index in [0.29, 0.717) is 17.1 Å². The maximum atomic E-state index is 12.8. The molecule has 1 aromatic heterocycles. The highest BCUT2D eigenvalue weighted by atomic mass is 19.1. The van der Waals surface area contributed by atoms with E-state index < -0.39 is 11.7 Å². The number of hydrogen-bond donors (Lipinski definition) is 0. The monoisotopic (exact) mass is 257 g/mol. The topological polar surface area (TPSA) is 54.0 Å². The number of nitrogens with zero attached hydrogens (tertiary/aromatic N) is 1. The van der Waals surface area contributed by atoms with E-state index in [4.69, 9.17) is 9.68 Å². The minimum Gasteiger partial charge on any atom is -0.465 e. The van der Waals surface area contributed by atoms with Crippen LogP contribution in [-0.4, -0.2) is 5.78 Å². The Hall–Kier alpha value is -2.41. The molecule has 2 rings (SSSR count). The lowest BCUT2D eigenvalue weighted by Crippen LogP contribution is -2.05. The van der Waals surface area contributed by atoms with E-state index in [1.165, 1.54) is 24.3 Å². The second-order valence-electron chi connectivity index (χ2n) is 4.26. The van der Waals surface area contributed by atoms with Gasteiger partial charge in [0.25, 0.3) is 0 Å². The van der Waals surface area contributed by atoms with E-state index in [-0.39, 0.29) is 12.2 Å². The normalized spacial score (nSPS) is 11.8. The average molecular weight is 257 g/mol. The predicted octanol–water partition coefficient (Wildman–Crippen LogP) is 3.61. The van der Waals surface area contributed by atoms with Crippen molar-refractivity contribution in [3.8, 4) is 6.07 Å². The standard InChI is InChI=1S/C15H12FNO2/c1-10-2-7-15(19-10)12(9-17)8-14(18)11-3-5-13(16)6-4-11/h2-7,12H,8H2,1H3/t12-/m1/s1. The molecule has 0 amide bonds. The number of carbonyl (C=O) groups excluding carboxylic acids is 1. The first-order chi connectivity index (χ1) is 9.10. The van der Waals surface area contributed by atoms with Crippen molar-refractivity contribution in [1.29, 1.82) is 5.26 Å². The van der Waals surface area contributed by atoms with Gasteiger partial charge in [-0.3, -0.25) is 4.79 Å². The number of Topliss-reactive ketones (excluding diaryl/α,β-unsaturated/α-hetero) is 1. The van der Waals surface area contributed by atoms with Crippen molar-refractivity contribution in [3.05, 3.63) is 59.3 Å². The third-order valence-electron chi connectivity index (χ3n) is 2.82. The Labute approximate surface area is 110 Å². The fraction of sp³-hybridized carbons (Fsp3) is 0.200. The number of hydrogen-bond acceptors (Lipinski definition) is 3. The molecular formula is C15H12FNO2. The highest BCUT2D eigenvalue weighted by Gasteiger charge is 2.19. The Kier molecular flexibility index (Phi) is 3.76. The third kappa shape index (κ3) is 3.08. The molecular weight excluding hydrogens is 245 g/mol. The second kappa shape index (κ2) is 5.49. The lowest BCUT2D eigenvalue weighted by Gasteiger charge is -2.05. The number of aryl methyl sites for hydroxylation is 1. The molecule has 0 spiro atoms. The number of nitriles is 1. The van der Waals surface area contributed by atoms with Crippen LogP contribution < -0.4 is 0 Å². The fourth-order valence-corrected chi connectivity index (χ4v) is 1.79. The predicted molar refractivity (Wildman–Crippen MR) is 67.1 cm³/mol. The molecule has 0 aliphatic heterocycles. The first-order valence-electron chi connectivity index (χ1n) is 5.85. The molecule has 19 heavy (non-hydrogen) atoms. The quantitative estimate of drug-likeness (QED) is 0.786. The summed E-state index contributed by atoms with van der Waals surface area (Å²) in [6.07, 6.45) is 0.0229. The zero-order chi connectivity index (χ0) is 13.8. The summed E-state index contributed by atoms with van der Waals surface area (Å²) in [5.74, 6) is -0.0400. The number of furan rings is 1. The van der Waals surface area contributed by atoms with Gasteiger partial charge < -0.3 is 4.42 Å². The number of benzene rings is 1. The van der Waals surface area contributed by atoms with Gasteiger partial charge in [0.15, 0.2) is 5.78 Å². The highest BCUT2D eigenvalue weighted by Crippen LogP contribution is 2.23. The van der Waals surface area contributed by atoms with Crippen LogP contribution >= 0.6 is 0 Å². The molecule has 3 nitrogen and oxygen atoms in total. The largest absolute Gasteiger partial charge is 0.465 e. The van der Waals surface area contributed by atoms with Crippen LogP contribution in [-0.2, 0) is 0 Å². The molecule has 0 aliphatic rings. The maximum Gasteiger partial charge on any atom is 0.164 e. The van der Waals surface area contributed by atoms with Gasteiger partial charge in [-0.25, -0.2) is 4.39 Å². The molecule has 0 unspecified atom stereocenters. The summed E-state index contributed by atoms with van der Waals surface area (Å²) in [6, 6.07) is 10.8. The molecule has 0 radical (unpaired) electrons. The van der Waals surface area contributed by atoms with Crippen LogP contribution in [0.5, 0.6) is 0 Å². The van der Waals surface area contributed by atoms with Crippen molar-refractivity contribution in [1.82, 2.24) is 0 Å². The Bertz CT molecular complexity index is 622. The Morgan fingerprint density at radius 3 is 2.53 bits per heavy atom. The van der Waals surface area contributed by atoms with Gasteiger partial charge in [-0.2, -0.15) is 5.26 Å². The zero-order valence-electron chi connectivity index (χ0n) is 10.4. The molecule has 1 atom stereocenters. The molecule has 0 saturated carbocycles. The van der Waals surface area contributed by atoms with Crippen molar-refractivity contribution in [3.63, 3.8) is 0 Å². The van der Waals surface area contributed by atoms with Crippen LogP contribution in [0.1, 0.15) is 34.2 Å². The lowest BCUT2D eigenvalue weighted by atomic mass is 9.97. The third-order valence-corrected chi connectivity index (χ3v) is 2.82. The Balaban J connectivity index is 2.13. The molecule has 1 aromatic carbocycles. The van der Waals surface area contributed by atoms with Crippen molar-refractivity contribution in [2.75, 3.05) is 0 Å². The molecule has 2 aromatic rings. The molecule has 0 saturated heterocycles. The van der Waals surface area contributed by atoms with Crippen molar-refractivity contribution in [2.24, 2.45) is 0 Å². The first-order valence-corrected chi connectivity index (χ1v) is 5.85. The SMILES string of the molecule is Cc1ccc([C@@H](C#N)CC(=O)c2ccc(F)cc2)o1. The van der Waals surface area contributed by atoms with Gasteiger partial charge in [0, 0.05) is 12.0 Å². The zero-order valence-corrected chi connectivity index (χ0v) is 10.4. The van der Waals surface area contributed by atoms with E-state index in [1.54, 1.807) is 19.1 Å². The van der Waals surface area contributed by atoms with Crippen molar-refractivity contribution >= 4 is 5.78 Å². The van der Waals surface area contributed by atoms with Crippen LogP contribution in [0.3, 0.4) is 0 Å². The Morgan fingerprint density at radius 1 is 1.32 bits per heavy atom. The summed E-state index contributed by atoms with van der Waals surface area (Å²) >= 11 is 0. The van der Waals surface area contributed by atoms with Crippen LogP contribution in [0.15, 0.2) is 40.8 Å². The molecule has 96 valence electrons. The summed E-state index contributed by atoms with van der Waals surface area (Å²) in [6.45, 7) is 1.78. The van der Waals surface area contributed by atoms with E-state index >= 15 is 0 Å². The van der Waals surface area contributed by atoms with Crippen molar-refractivity contribution in [2.45, 2.75) is 19.3 Å². The minimum atomic E-state index is -0.619. The van der Waals surface area contributed by atoms with Gasteiger partial charge in [0.2, 0.25) is 0 Å². The summed E-state index contributed by atoms with van der Waals surface area (Å²) in [7, 11) is 0. The van der Waals surface area contributed by atoms with Crippen LogP contribution in [0.25, 0.3) is 0 Å². The molecule has 0 N–H and O–H groups in total.